The van der Waals surface area contributed by atoms with Gasteiger partial charge in [0.05, 0.1) is 12.0 Å². The Morgan fingerprint density at radius 2 is 2.22 bits per heavy atom. The lowest BCUT2D eigenvalue weighted by atomic mass is 10.3. The van der Waals surface area contributed by atoms with Crippen molar-refractivity contribution >= 4 is 11.8 Å². The molecule has 1 fully saturated rings. The normalized spacial score (nSPS) is 21.7. The van der Waals surface area contributed by atoms with Gasteiger partial charge in [-0.05, 0) is 19.4 Å². The fourth-order valence-corrected chi connectivity index (χ4v) is 3.05. The molecule has 2 rings (SSSR count). The Labute approximate surface area is 108 Å². The highest BCUT2D eigenvalue weighted by Gasteiger charge is 2.35. The van der Waals surface area contributed by atoms with Crippen LogP contribution in [0.5, 0.6) is 0 Å². The maximum atomic E-state index is 12.6. The first-order valence-electron chi connectivity index (χ1n) is 5.91. The molecule has 0 radical (unpaired) electrons. The van der Waals surface area contributed by atoms with Gasteiger partial charge in [-0.3, -0.25) is 9.58 Å². The van der Waals surface area contributed by atoms with E-state index in [9.17, 15) is 13.2 Å². The van der Waals surface area contributed by atoms with Crippen molar-refractivity contribution in [2.24, 2.45) is 0 Å². The number of nitrogens with zero attached hydrogens (tertiary/aromatic N) is 3. The molecule has 1 aliphatic rings. The molecule has 1 saturated heterocycles. The molecule has 0 N–H and O–H groups in total. The van der Waals surface area contributed by atoms with E-state index in [1.54, 1.807) is 0 Å². The number of rotatable bonds is 3. The summed E-state index contributed by atoms with van der Waals surface area (Å²) in [6.45, 7) is 5.25. The van der Waals surface area contributed by atoms with E-state index in [1.165, 1.54) is 4.68 Å². The Morgan fingerprint density at radius 3 is 2.72 bits per heavy atom. The minimum atomic E-state index is -4.36. The lowest BCUT2D eigenvalue weighted by Crippen LogP contribution is -2.30. The van der Waals surface area contributed by atoms with Crippen molar-refractivity contribution in [2.75, 3.05) is 12.3 Å². The van der Waals surface area contributed by atoms with Gasteiger partial charge in [-0.2, -0.15) is 18.3 Å². The third-order valence-corrected chi connectivity index (χ3v) is 4.28. The van der Waals surface area contributed by atoms with Gasteiger partial charge in [0, 0.05) is 18.0 Å². The maximum Gasteiger partial charge on any atom is 0.435 e. The van der Waals surface area contributed by atoms with Crippen LogP contribution in [0.25, 0.3) is 0 Å². The lowest BCUT2D eigenvalue weighted by Gasteiger charge is -2.20. The number of halogens is 3. The largest absolute Gasteiger partial charge is 0.435 e. The number of alkyl halides is 3. The van der Waals surface area contributed by atoms with Gasteiger partial charge in [0.2, 0.25) is 0 Å². The molecule has 7 heteroatoms. The molecule has 0 saturated carbocycles. The number of aromatic nitrogens is 2. The highest BCUT2D eigenvalue weighted by atomic mass is 32.2. The third kappa shape index (κ3) is 2.83. The molecule has 0 spiro atoms. The topological polar surface area (TPSA) is 21.1 Å². The Kier molecular flexibility index (Phi) is 3.91. The van der Waals surface area contributed by atoms with E-state index in [1.807, 2.05) is 18.7 Å². The summed E-state index contributed by atoms with van der Waals surface area (Å²) >= 11 is 1.81. The fraction of sp³-hybridized carbons (Fsp3) is 0.727. The van der Waals surface area contributed by atoms with Crippen LogP contribution < -0.4 is 0 Å². The Balaban J connectivity index is 2.19. The zero-order valence-electron chi connectivity index (χ0n) is 10.4. The molecule has 1 aromatic rings. The van der Waals surface area contributed by atoms with E-state index in [-0.39, 0.29) is 0 Å². The summed E-state index contributed by atoms with van der Waals surface area (Å²) in [6.07, 6.45) is -3.81. The van der Waals surface area contributed by atoms with Crippen molar-refractivity contribution in [3.63, 3.8) is 0 Å². The summed E-state index contributed by atoms with van der Waals surface area (Å²) in [5.74, 6) is 1.02. The first kappa shape index (κ1) is 13.7. The summed E-state index contributed by atoms with van der Waals surface area (Å²) in [6, 6.07) is 1.15. The number of hydrogen-bond acceptors (Lipinski definition) is 3. The van der Waals surface area contributed by atoms with E-state index >= 15 is 0 Å². The van der Waals surface area contributed by atoms with Crippen molar-refractivity contribution in [1.29, 1.82) is 0 Å². The van der Waals surface area contributed by atoms with Gasteiger partial charge in [-0.25, -0.2) is 0 Å². The molecule has 0 aromatic carbocycles. The smallest absolute Gasteiger partial charge is 0.272 e. The van der Waals surface area contributed by atoms with Crippen molar-refractivity contribution in [3.8, 4) is 0 Å². The highest BCUT2D eigenvalue weighted by Crippen LogP contribution is 2.29. The Morgan fingerprint density at radius 1 is 1.50 bits per heavy atom. The van der Waals surface area contributed by atoms with Crippen LogP contribution in [0.4, 0.5) is 13.2 Å². The van der Waals surface area contributed by atoms with E-state index in [0.717, 1.165) is 18.4 Å². The molecular formula is C11H16F3N3S. The third-order valence-electron chi connectivity index (χ3n) is 3.08. The zero-order valence-corrected chi connectivity index (χ0v) is 11.2. The van der Waals surface area contributed by atoms with Gasteiger partial charge in [0.15, 0.2) is 5.69 Å². The fourth-order valence-electron chi connectivity index (χ4n) is 1.99. The average molecular weight is 279 g/mol. The van der Waals surface area contributed by atoms with E-state index in [4.69, 9.17) is 0 Å². The summed E-state index contributed by atoms with van der Waals surface area (Å²) in [7, 11) is 0. The molecule has 1 aliphatic heterocycles. The second-order valence-corrected chi connectivity index (χ2v) is 5.72. The molecule has 18 heavy (non-hydrogen) atoms. The minimum absolute atomic E-state index is 0.341. The van der Waals surface area contributed by atoms with Crippen LogP contribution in [0, 0.1) is 0 Å². The van der Waals surface area contributed by atoms with E-state index < -0.39 is 11.9 Å². The predicted octanol–water partition coefficient (Wildman–Crippen LogP) is 2.82. The van der Waals surface area contributed by atoms with Crippen molar-refractivity contribution in [3.05, 3.63) is 17.5 Å². The van der Waals surface area contributed by atoms with Crippen molar-refractivity contribution < 1.29 is 13.2 Å². The first-order valence-corrected chi connectivity index (χ1v) is 6.96. The minimum Gasteiger partial charge on any atom is -0.272 e. The zero-order chi connectivity index (χ0) is 13.3. The van der Waals surface area contributed by atoms with Crippen LogP contribution in [-0.2, 0) is 19.3 Å². The monoisotopic (exact) mass is 279 g/mol. The average Bonchev–Trinajstić information content (AvgIpc) is 2.86. The molecule has 3 nitrogen and oxygen atoms in total. The molecule has 1 atom stereocenters. The lowest BCUT2D eigenvalue weighted by molar-refractivity contribution is -0.141. The molecular weight excluding hydrogens is 263 g/mol. The Hall–Kier alpha value is -0.690. The van der Waals surface area contributed by atoms with Crippen molar-refractivity contribution in [2.45, 2.75) is 38.5 Å². The van der Waals surface area contributed by atoms with Crippen LogP contribution in [0.2, 0.25) is 0 Å². The van der Waals surface area contributed by atoms with Gasteiger partial charge >= 0.3 is 6.18 Å². The van der Waals surface area contributed by atoms with Gasteiger partial charge in [-0.15, -0.1) is 11.8 Å². The SMILES string of the molecule is CCc1cc(C(F)(F)F)nn1CN1CCSC1C. The van der Waals surface area contributed by atoms with Crippen LogP contribution in [0.1, 0.15) is 25.2 Å². The summed E-state index contributed by atoms with van der Waals surface area (Å²) in [5.41, 5.74) is -0.162. The second kappa shape index (κ2) is 5.13. The highest BCUT2D eigenvalue weighted by molar-refractivity contribution is 8.00. The van der Waals surface area contributed by atoms with E-state index in [0.29, 0.717) is 24.2 Å². The quantitative estimate of drug-likeness (QED) is 0.849. The van der Waals surface area contributed by atoms with Crippen molar-refractivity contribution in [1.82, 2.24) is 14.7 Å². The van der Waals surface area contributed by atoms with Gasteiger partial charge in [-0.1, -0.05) is 6.92 Å². The molecule has 0 amide bonds. The number of aryl methyl sites for hydroxylation is 1. The number of hydrogen-bond donors (Lipinski definition) is 0. The first-order chi connectivity index (χ1) is 8.41. The Bertz CT molecular complexity index is 416. The molecule has 1 unspecified atom stereocenters. The van der Waals surface area contributed by atoms with Crippen LogP contribution >= 0.6 is 11.8 Å². The van der Waals surface area contributed by atoms with Gasteiger partial charge < -0.3 is 0 Å². The summed E-state index contributed by atoms with van der Waals surface area (Å²) in [5, 5.41) is 4.03. The molecule has 1 aromatic heterocycles. The molecule has 0 aliphatic carbocycles. The summed E-state index contributed by atoms with van der Waals surface area (Å²) in [4.78, 5) is 2.14. The molecule has 0 bridgehead atoms. The van der Waals surface area contributed by atoms with Crippen LogP contribution in [0.15, 0.2) is 6.07 Å². The molecule has 2 heterocycles. The second-order valence-electron chi connectivity index (χ2n) is 4.30. The van der Waals surface area contributed by atoms with Crippen LogP contribution in [0.3, 0.4) is 0 Å². The maximum absolute atomic E-state index is 12.6. The van der Waals surface area contributed by atoms with E-state index in [2.05, 4.69) is 16.9 Å². The summed E-state index contributed by atoms with van der Waals surface area (Å²) < 4.78 is 39.3. The van der Waals surface area contributed by atoms with Gasteiger partial charge in [0.25, 0.3) is 0 Å². The van der Waals surface area contributed by atoms with Crippen LogP contribution in [-0.4, -0.2) is 32.4 Å². The predicted molar refractivity (Wildman–Crippen MR) is 65.2 cm³/mol. The molecule has 102 valence electrons. The van der Waals surface area contributed by atoms with Gasteiger partial charge in [0.1, 0.15) is 0 Å². The standard InChI is InChI=1S/C11H16F3N3S/c1-3-9-6-10(11(12,13)14)15-17(9)7-16-4-5-18-8(16)2/h6,8H,3-5,7H2,1-2H3. The number of thioether (sulfide) groups is 1.